The van der Waals surface area contributed by atoms with E-state index in [1.807, 2.05) is 29.2 Å². The summed E-state index contributed by atoms with van der Waals surface area (Å²) in [7, 11) is 0. The quantitative estimate of drug-likeness (QED) is 0.833. The number of carbonyl (C=O) groups excluding carboxylic acids is 1. The van der Waals surface area contributed by atoms with Gasteiger partial charge in [-0.05, 0) is 68.7 Å². The van der Waals surface area contributed by atoms with Crippen molar-refractivity contribution in [3.63, 3.8) is 0 Å². The minimum atomic E-state index is 0. The van der Waals surface area contributed by atoms with Crippen LogP contribution < -0.4 is 5.32 Å². The molecule has 0 radical (unpaired) electrons. The van der Waals surface area contributed by atoms with Crippen LogP contribution >= 0.6 is 24.2 Å². The van der Waals surface area contributed by atoms with Crippen LogP contribution in [0.2, 0.25) is 0 Å². The monoisotopic (exact) mass is 340 g/mol. The van der Waals surface area contributed by atoms with Crippen molar-refractivity contribution in [2.45, 2.75) is 36.6 Å². The fourth-order valence-electron chi connectivity index (χ4n) is 2.86. The van der Waals surface area contributed by atoms with Crippen molar-refractivity contribution >= 4 is 30.1 Å². The number of likely N-dealkylation sites (tertiary alicyclic amines) is 1. The Hall–Kier alpha value is -0.710. The second-order valence-corrected chi connectivity index (χ2v) is 7.03. The minimum absolute atomic E-state index is 0. The first kappa shape index (κ1) is 17.6. The first-order valence-corrected chi connectivity index (χ1v) is 9.15. The molecule has 2 aliphatic rings. The molecule has 5 heteroatoms. The van der Waals surface area contributed by atoms with Gasteiger partial charge < -0.3 is 10.2 Å². The Labute approximate surface area is 143 Å². The summed E-state index contributed by atoms with van der Waals surface area (Å²) in [5.41, 5.74) is 0.817. The fraction of sp³-hybridized carbons (Fsp3) is 0.588. The molecule has 0 aromatic heterocycles. The molecule has 0 spiro atoms. The van der Waals surface area contributed by atoms with E-state index in [-0.39, 0.29) is 18.3 Å². The smallest absolute Gasteiger partial charge is 0.253 e. The van der Waals surface area contributed by atoms with Gasteiger partial charge in [-0.2, -0.15) is 0 Å². The Bertz CT molecular complexity index is 482. The largest absolute Gasteiger partial charge is 0.339 e. The average molecular weight is 341 g/mol. The van der Waals surface area contributed by atoms with Crippen LogP contribution in [0.5, 0.6) is 0 Å². The average Bonchev–Trinajstić information content (AvgIpc) is 3.37. The van der Waals surface area contributed by atoms with Gasteiger partial charge in [0.15, 0.2) is 0 Å². The molecule has 0 unspecified atom stereocenters. The molecule has 1 heterocycles. The van der Waals surface area contributed by atoms with Gasteiger partial charge in [-0.1, -0.05) is 0 Å². The molecule has 1 aromatic rings. The Balaban J connectivity index is 0.00000176. The second kappa shape index (κ2) is 8.23. The zero-order valence-corrected chi connectivity index (χ0v) is 14.7. The number of nitrogens with one attached hydrogen (secondary N) is 1. The highest BCUT2D eigenvalue weighted by molar-refractivity contribution is 7.98. The van der Waals surface area contributed by atoms with Gasteiger partial charge in [0.2, 0.25) is 0 Å². The zero-order valence-electron chi connectivity index (χ0n) is 13.1. The molecule has 1 saturated heterocycles. The number of hydrogen-bond donors (Lipinski definition) is 1. The lowest BCUT2D eigenvalue weighted by molar-refractivity contribution is 0.0705. The third kappa shape index (κ3) is 4.64. The van der Waals surface area contributed by atoms with Gasteiger partial charge in [0.1, 0.15) is 0 Å². The molecule has 1 saturated carbocycles. The molecule has 0 bridgehead atoms. The molecule has 3 rings (SSSR count). The molecule has 1 N–H and O–H groups in total. The number of halogens is 1. The van der Waals surface area contributed by atoms with Crippen LogP contribution in [0.3, 0.4) is 0 Å². The maximum atomic E-state index is 12.5. The maximum absolute atomic E-state index is 12.5. The zero-order chi connectivity index (χ0) is 14.7. The molecule has 122 valence electrons. The summed E-state index contributed by atoms with van der Waals surface area (Å²) in [6.07, 6.45) is 7.02. The van der Waals surface area contributed by atoms with Gasteiger partial charge in [0.25, 0.3) is 5.91 Å². The first-order chi connectivity index (χ1) is 10.3. The number of amides is 1. The number of rotatable bonds is 5. The van der Waals surface area contributed by atoms with Crippen LogP contribution in [0, 0.1) is 5.92 Å². The van der Waals surface area contributed by atoms with Crippen molar-refractivity contribution in [2.75, 3.05) is 25.9 Å². The topological polar surface area (TPSA) is 32.3 Å². The van der Waals surface area contributed by atoms with Gasteiger partial charge in [0, 0.05) is 29.6 Å². The van der Waals surface area contributed by atoms with Gasteiger partial charge in [-0.3, -0.25) is 4.79 Å². The van der Waals surface area contributed by atoms with Crippen LogP contribution in [0.1, 0.15) is 36.0 Å². The lowest BCUT2D eigenvalue weighted by Gasteiger charge is -2.32. The highest BCUT2D eigenvalue weighted by Crippen LogP contribution is 2.28. The predicted octanol–water partition coefficient (Wildman–Crippen LogP) is 3.43. The molecule has 1 aliphatic carbocycles. The molecule has 22 heavy (non-hydrogen) atoms. The van der Waals surface area contributed by atoms with Gasteiger partial charge in [0.05, 0.1) is 0 Å². The fourth-order valence-corrected chi connectivity index (χ4v) is 3.27. The van der Waals surface area contributed by atoms with Crippen molar-refractivity contribution in [3.8, 4) is 0 Å². The van der Waals surface area contributed by atoms with Crippen LogP contribution in [0.25, 0.3) is 0 Å². The molecule has 0 atom stereocenters. The Morgan fingerprint density at radius 1 is 1.18 bits per heavy atom. The summed E-state index contributed by atoms with van der Waals surface area (Å²) >= 11 is 1.70. The number of nitrogens with zero attached hydrogens (tertiary/aromatic N) is 1. The first-order valence-electron chi connectivity index (χ1n) is 7.93. The Morgan fingerprint density at radius 2 is 1.82 bits per heavy atom. The number of carbonyl (C=O) groups is 1. The van der Waals surface area contributed by atoms with Crippen LogP contribution in [-0.2, 0) is 0 Å². The molecule has 3 nitrogen and oxygen atoms in total. The van der Waals surface area contributed by atoms with E-state index >= 15 is 0 Å². The lowest BCUT2D eigenvalue weighted by Crippen LogP contribution is -2.45. The number of piperidine rings is 1. The lowest BCUT2D eigenvalue weighted by atomic mass is 10.0. The summed E-state index contributed by atoms with van der Waals surface area (Å²) in [6, 6.07) is 8.56. The van der Waals surface area contributed by atoms with E-state index in [0.717, 1.165) is 37.4 Å². The molecule has 2 fully saturated rings. The number of benzene rings is 1. The summed E-state index contributed by atoms with van der Waals surface area (Å²) in [5, 5.41) is 3.66. The Kier molecular flexibility index (Phi) is 6.60. The van der Waals surface area contributed by atoms with Gasteiger partial charge >= 0.3 is 0 Å². The molecule has 1 aromatic carbocycles. The van der Waals surface area contributed by atoms with Crippen molar-refractivity contribution in [1.82, 2.24) is 10.2 Å². The maximum Gasteiger partial charge on any atom is 0.253 e. The van der Waals surface area contributed by atoms with E-state index < -0.39 is 0 Å². The summed E-state index contributed by atoms with van der Waals surface area (Å²) in [5.74, 6) is 1.11. The standard InChI is InChI=1S/C17H24N2OS.ClH/c1-21-16-6-4-14(5-7-16)17(20)19-10-8-15(9-11-19)18-12-13-2-3-13;/h4-7,13,15,18H,2-3,8-12H2,1H3;1H. The highest BCUT2D eigenvalue weighted by atomic mass is 35.5. The third-order valence-corrected chi connectivity index (χ3v) is 5.25. The minimum Gasteiger partial charge on any atom is -0.339 e. The van der Waals surface area contributed by atoms with Gasteiger partial charge in [-0.25, -0.2) is 0 Å². The third-order valence-electron chi connectivity index (χ3n) is 4.51. The molecular formula is C17H25ClN2OS. The van der Waals surface area contributed by atoms with Crippen molar-refractivity contribution in [2.24, 2.45) is 5.92 Å². The van der Waals surface area contributed by atoms with Crippen molar-refractivity contribution < 1.29 is 4.79 Å². The van der Waals surface area contributed by atoms with Crippen molar-refractivity contribution in [3.05, 3.63) is 29.8 Å². The van der Waals surface area contributed by atoms with Crippen LogP contribution in [-0.4, -0.2) is 42.7 Å². The van der Waals surface area contributed by atoms with E-state index in [9.17, 15) is 4.79 Å². The highest BCUT2D eigenvalue weighted by Gasteiger charge is 2.26. The summed E-state index contributed by atoms with van der Waals surface area (Å²) in [4.78, 5) is 15.7. The van der Waals surface area contributed by atoms with Crippen LogP contribution in [0.4, 0.5) is 0 Å². The Morgan fingerprint density at radius 3 is 2.36 bits per heavy atom. The number of hydrogen-bond acceptors (Lipinski definition) is 3. The van der Waals surface area contributed by atoms with E-state index in [1.165, 1.54) is 24.3 Å². The normalized spacial score (nSPS) is 18.9. The summed E-state index contributed by atoms with van der Waals surface area (Å²) < 4.78 is 0. The molecular weight excluding hydrogens is 316 g/mol. The van der Waals surface area contributed by atoms with E-state index in [1.54, 1.807) is 11.8 Å². The predicted molar refractivity (Wildman–Crippen MR) is 95.1 cm³/mol. The van der Waals surface area contributed by atoms with Gasteiger partial charge in [-0.15, -0.1) is 24.2 Å². The van der Waals surface area contributed by atoms with E-state index in [0.29, 0.717) is 6.04 Å². The van der Waals surface area contributed by atoms with E-state index in [4.69, 9.17) is 0 Å². The van der Waals surface area contributed by atoms with E-state index in [2.05, 4.69) is 11.6 Å². The number of thioether (sulfide) groups is 1. The van der Waals surface area contributed by atoms with Crippen LogP contribution in [0.15, 0.2) is 29.2 Å². The second-order valence-electron chi connectivity index (χ2n) is 6.15. The SMILES string of the molecule is CSc1ccc(C(=O)N2CCC(NCC3CC3)CC2)cc1.Cl. The molecule has 1 amide bonds. The summed E-state index contributed by atoms with van der Waals surface area (Å²) in [6.45, 7) is 2.94. The molecule has 1 aliphatic heterocycles. The van der Waals surface area contributed by atoms with Crippen molar-refractivity contribution in [1.29, 1.82) is 0 Å².